The summed E-state index contributed by atoms with van der Waals surface area (Å²) in [5.41, 5.74) is 4.61. The molecule has 2 aromatic carbocycles. The fourth-order valence-corrected chi connectivity index (χ4v) is 7.30. The lowest BCUT2D eigenvalue weighted by atomic mass is 9.54. The van der Waals surface area contributed by atoms with E-state index in [2.05, 4.69) is 5.32 Å². The third kappa shape index (κ3) is 4.62. The van der Waals surface area contributed by atoms with Gasteiger partial charge in [-0.05, 0) is 42.4 Å². The van der Waals surface area contributed by atoms with Crippen LogP contribution in [-0.2, 0) is 33.9 Å². The van der Waals surface area contributed by atoms with Crippen LogP contribution in [0.2, 0.25) is 0 Å². The summed E-state index contributed by atoms with van der Waals surface area (Å²) < 4.78 is 5.42. The zero-order chi connectivity index (χ0) is 32.2. The fraction of sp³-hybridized carbons (Fsp3) is 0.424. The number of primary amides is 1. The molecule has 44 heavy (non-hydrogen) atoms. The van der Waals surface area contributed by atoms with Gasteiger partial charge in [-0.3, -0.25) is 14.4 Å². The lowest BCUT2D eigenvalue weighted by Crippen LogP contribution is -2.62. The molecule has 11 nitrogen and oxygen atoms in total. The quantitative estimate of drug-likeness (QED) is 0.245. The number of phenols is 1. The van der Waals surface area contributed by atoms with Crippen molar-refractivity contribution in [3.63, 3.8) is 0 Å². The van der Waals surface area contributed by atoms with Crippen LogP contribution in [0.25, 0.3) is 5.76 Å². The maximum atomic E-state index is 14.2. The number of amides is 1. The lowest BCUT2D eigenvalue weighted by Gasteiger charge is -2.50. The Morgan fingerprint density at radius 2 is 1.80 bits per heavy atom. The molecule has 7 N–H and O–H groups in total. The summed E-state index contributed by atoms with van der Waals surface area (Å²) in [7, 11) is 5.26. The van der Waals surface area contributed by atoms with E-state index in [1.165, 1.54) is 0 Å². The van der Waals surface area contributed by atoms with Gasteiger partial charge in [-0.2, -0.15) is 0 Å². The van der Waals surface area contributed by atoms with Crippen LogP contribution in [0.1, 0.15) is 42.5 Å². The number of Topliss-reactive ketones (excluding diaryl/α,β-unsaturated/α-hetero) is 2. The van der Waals surface area contributed by atoms with Gasteiger partial charge in [0.25, 0.3) is 5.91 Å². The minimum atomic E-state index is -2.64. The molecule has 11 heteroatoms. The topological polar surface area (TPSA) is 183 Å². The third-order valence-corrected chi connectivity index (χ3v) is 9.33. The highest BCUT2D eigenvalue weighted by atomic mass is 16.5. The van der Waals surface area contributed by atoms with Crippen molar-refractivity contribution in [3.8, 4) is 11.5 Å². The van der Waals surface area contributed by atoms with Crippen molar-refractivity contribution in [2.45, 2.75) is 45.4 Å². The van der Waals surface area contributed by atoms with Crippen molar-refractivity contribution in [1.82, 2.24) is 5.32 Å². The number of hydrogen-bond acceptors (Lipinski definition) is 10. The molecule has 0 unspecified atom stereocenters. The maximum Gasteiger partial charge on any atom is 0.255 e. The smallest absolute Gasteiger partial charge is 0.255 e. The first-order valence-electron chi connectivity index (χ1n) is 14.6. The molecule has 0 heterocycles. The Labute approximate surface area is 255 Å². The standard InChI is InChI=1S/C33H39N3O8/c1-15(2)23-20-11-17-10-19-21(36(3)4)12-18(14-35-13-16-8-6-7-9-22(16)44-5)27(37)25(19)29(39)24(17)30(40)33(20,43)31(41)26(28(23)38)32(34)42/h6-9,12,15,17,20,23,35,37,39,41,43H,10-11,13-14H2,1-5H3,(H2,34,42)/t17-,20-,23-,33-/m0/s1. The lowest BCUT2D eigenvalue weighted by molar-refractivity contribution is -0.155. The average molecular weight is 606 g/mol. The number of ether oxygens (including phenoxy) is 1. The SMILES string of the molecule is COc1ccccc1CNCc1cc(N(C)C)c2c(c1O)C(O)=C1C(=O)[C@]3(O)C(O)=C(C(N)=O)C(=O)[C@@H](C(C)C)[C@@H]3C[C@@H]1C2. The molecular formula is C33H39N3O8. The van der Waals surface area contributed by atoms with Crippen molar-refractivity contribution in [2.24, 2.45) is 29.4 Å². The second-order valence-corrected chi connectivity index (χ2v) is 12.4. The number of fused-ring (bicyclic) bond motifs is 3. The van der Waals surface area contributed by atoms with Gasteiger partial charge in [-0.1, -0.05) is 32.0 Å². The number of aromatic hydroxyl groups is 1. The van der Waals surface area contributed by atoms with Gasteiger partial charge in [0.15, 0.2) is 11.4 Å². The van der Waals surface area contributed by atoms with E-state index in [1.807, 2.05) is 49.3 Å². The number of nitrogens with two attached hydrogens (primary N) is 1. The van der Waals surface area contributed by atoms with Crippen LogP contribution in [0.3, 0.4) is 0 Å². The van der Waals surface area contributed by atoms with Crippen LogP contribution in [-0.4, -0.2) is 64.7 Å². The van der Waals surface area contributed by atoms with Crippen molar-refractivity contribution >= 4 is 28.9 Å². The van der Waals surface area contributed by atoms with Crippen LogP contribution < -0.4 is 20.7 Å². The van der Waals surface area contributed by atoms with E-state index in [0.717, 1.165) is 11.3 Å². The Bertz CT molecular complexity index is 1620. The molecule has 0 radical (unpaired) electrons. The number of methoxy groups -OCH3 is 1. The Morgan fingerprint density at radius 1 is 1.14 bits per heavy atom. The van der Waals surface area contributed by atoms with Crippen LogP contribution in [0, 0.1) is 23.7 Å². The molecule has 1 saturated carbocycles. The molecule has 4 atom stereocenters. The fourth-order valence-electron chi connectivity index (χ4n) is 7.30. The monoisotopic (exact) mass is 605 g/mol. The van der Waals surface area contributed by atoms with E-state index in [9.17, 15) is 34.8 Å². The average Bonchev–Trinajstić information content (AvgIpc) is 2.95. The van der Waals surface area contributed by atoms with E-state index in [1.54, 1.807) is 21.0 Å². The first-order valence-corrected chi connectivity index (χ1v) is 14.6. The number of benzene rings is 2. The summed E-state index contributed by atoms with van der Waals surface area (Å²) in [6.45, 7) is 4.12. The van der Waals surface area contributed by atoms with Crippen LogP contribution in [0.15, 0.2) is 47.2 Å². The predicted molar refractivity (Wildman–Crippen MR) is 163 cm³/mol. The summed E-state index contributed by atoms with van der Waals surface area (Å²) in [6, 6.07) is 9.36. The third-order valence-electron chi connectivity index (χ3n) is 9.33. The van der Waals surface area contributed by atoms with Gasteiger partial charge in [0.1, 0.15) is 28.6 Å². The van der Waals surface area contributed by atoms with E-state index >= 15 is 0 Å². The minimum absolute atomic E-state index is 0.0674. The largest absolute Gasteiger partial charge is 0.508 e. The number of nitrogens with one attached hydrogen (secondary N) is 1. The number of para-hydroxylation sites is 1. The van der Waals surface area contributed by atoms with Gasteiger partial charge in [-0.25, -0.2) is 0 Å². The first kappa shape index (κ1) is 31.1. The molecule has 1 amide bonds. The Kier molecular flexibility index (Phi) is 7.98. The number of carbonyl (C=O) groups excluding carboxylic acids is 3. The minimum Gasteiger partial charge on any atom is -0.508 e. The Morgan fingerprint density at radius 3 is 2.41 bits per heavy atom. The van der Waals surface area contributed by atoms with Gasteiger partial charge < -0.3 is 41.1 Å². The number of anilines is 1. The second kappa shape index (κ2) is 11.3. The molecule has 0 saturated heterocycles. The number of hydrogen-bond donors (Lipinski definition) is 6. The number of aliphatic hydroxyl groups excluding tert-OH is 2. The molecule has 5 rings (SSSR count). The molecule has 0 aromatic heterocycles. The molecule has 0 bridgehead atoms. The molecule has 0 aliphatic heterocycles. The normalized spacial score (nSPS) is 24.7. The van der Waals surface area contributed by atoms with E-state index in [0.29, 0.717) is 23.4 Å². The number of phenolic OH excluding ortho intramolecular Hbond substituents is 1. The second-order valence-electron chi connectivity index (χ2n) is 12.4. The molecule has 234 valence electrons. The zero-order valence-corrected chi connectivity index (χ0v) is 25.5. The van der Waals surface area contributed by atoms with E-state index in [4.69, 9.17) is 10.5 Å². The van der Waals surface area contributed by atoms with Crippen LogP contribution >= 0.6 is 0 Å². The predicted octanol–water partition coefficient (Wildman–Crippen LogP) is 2.67. The van der Waals surface area contributed by atoms with Gasteiger partial charge in [-0.15, -0.1) is 0 Å². The summed E-state index contributed by atoms with van der Waals surface area (Å²) in [5.74, 6) is -7.10. The van der Waals surface area contributed by atoms with Crippen molar-refractivity contribution in [1.29, 1.82) is 0 Å². The number of ketones is 2. The molecule has 3 aliphatic rings. The molecule has 3 aliphatic carbocycles. The molecule has 2 aromatic rings. The number of nitrogens with zero attached hydrogens (tertiary/aromatic N) is 1. The zero-order valence-electron chi connectivity index (χ0n) is 25.5. The number of aliphatic hydroxyl groups is 3. The van der Waals surface area contributed by atoms with Gasteiger partial charge in [0, 0.05) is 61.4 Å². The van der Waals surface area contributed by atoms with Crippen LogP contribution in [0.5, 0.6) is 11.5 Å². The van der Waals surface area contributed by atoms with Gasteiger partial charge in [0.2, 0.25) is 5.78 Å². The van der Waals surface area contributed by atoms with Gasteiger partial charge >= 0.3 is 0 Å². The summed E-state index contributed by atoms with van der Waals surface area (Å²) in [5, 5.41) is 49.4. The molecule has 0 spiro atoms. The summed E-state index contributed by atoms with van der Waals surface area (Å²) in [6.07, 6.45) is 0.302. The Balaban J connectivity index is 1.61. The highest BCUT2D eigenvalue weighted by Crippen LogP contribution is 2.55. The highest BCUT2D eigenvalue weighted by Gasteiger charge is 2.64. The van der Waals surface area contributed by atoms with Crippen molar-refractivity contribution in [3.05, 3.63) is 69.5 Å². The highest BCUT2D eigenvalue weighted by molar-refractivity contribution is 6.23. The maximum absolute atomic E-state index is 14.2. The van der Waals surface area contributed by atoms with E-state index in [-0.39, 0.29) is 36.3 Å². The summed E-state index contributed by atoms with van der Waals surface area (Å²) >= 11 is 0. The van der Waals surface area contributed by atoms with Gasteiger partial charge in [0.05, 0.1) is 12.7 Å². The van der Waals surface area contributed by atoms with Crippen LogP contribution in [0.4, 0.5) is 5.69 Å². The van der Waals surface area contributed by atoms with Crippen molar-refractivity contribution in [2.75, 3.05) is 26.1 Å². The first-order chi connectivity index (χ1) is 20.7. The Hall–Kier alpha value is -4.35. The molecule has 1 fully saturated rings. The molecular weight excluding hydrogens is 566 g/mol. The van der Waals surface area contributed by atoms with Crippen molar-refractivity contribution < 1.29 is 39.5 Å². The van der Waals surface area contributed by atoms with E-state index < -0.39 is 63.8 Å². The number of carbonyl (C=O) groups is 3. The summed E-state index contributed by atoms with van der Waals surface area (Å²) in [4.78, 5) is 41.6. The number of rotatable bonds is 8.